The van der Waals surface area contributed by atoms with Crippen LogP contribution in [0.1, 0.15) is 11.1 Å². The molecule has 0 aliphatic rings. The molecule has 0 aliphatic heterocycles. The van der Waals surface area contributed by atoms with Gasteiger partial charge in [-0.15, -0.1) is 0 Å². The van der Waals surface area contributed by atoms with E-state index in [1.54, 1.807) is 0 Å². The minimum Gasteiger partial charge on any atom is -0.494 e. The number of sulfonamides is 1. The molecular formula is C15H16FNO3S. The Bertz CT molecular complexity index is 727. The Labute approximate surface area is 123 Å². The smallest absolute Gasteiger partial charge is 0.241 e. The van der Waals surface area contributed by atoms with Crippen LogP contribution in [0.25, 0.3) is 0 Å². The van der Waals surface area contributed by atoms with Crippen LogP contribution in [0.5, 0.6) is 5.75 Å². The molecule has 0 radical (unpaired) electrons. The fraction of sp³-hybridized carbons (Fsp3) is 0.200. The minimum absolute atomic E-state index is 0.0344. The van der Waals surface area contributed by atoms with Gasteiger partial charge in [0.2, 0.25) is 10.0 Å². The van der Waals surface area contributed by atoms with Crippen molar-refractivity contribution in [1.29, 1.82) is 0 Å². The molecule has 0 spiro atoms. The number of halogens is 1. The molecule has 2 aromatic carbocycles. The van der Waals surface area contributed by atoms with Gasteiger partial charge in [-0.3, -0.25) is 0 Å². The average molecular weight is 309 g/mol. The molecule has 0 atom stereocenters. The first-order valence-corrected chi connectivity index (χ1v) is 7.79. The normalized spacial score (nSPS) is 11.4. The fourth-order valence-corrected chi connectivity index (χ4v) is 2.81. The second-order valence-electron chi connectivity index (χ2n) is 4.61. The number of methoxy groups -OCH3 is 1. The third-order valence-corrected chi connectivity index (χ3v) is 4.42. The molecule has 4 nitrogen and oxygen atoms in total. The molecule has 0 aromatic heterocycles. The van der Waals surface area contributed by atoms with Crippen LogP contribution in [0.3, 0.4) is 0 Å². The lowest BCUT2D eigenvalue weighted by Crippen LogP contribution is -2.23. The highest BCUT2D eigenvalue weighted by Crippen LogP contribution is 2.21. The van der Waals surface area contributed by atoms with Crippen molar-refractivity contribution in [2.75, 3.05) is 7.11 Å². The molecule has 112 valence electrons. The number of hydrogen-bond donors (Lipinski definition) is 1. The van der Waals surface area contributed by atoms with Gasteiger partial charge in [0.05, 0.1) is 12.0 Å². The van der Waals surface area contributed by atoms with Gasteiger partial charge in [0.25, 0.3) is 0 Å². The molecule has 0 amide bonds. The molecule has 2 aromatic rings. The largest absolute Gasteiger partial charge is 0.494 e. The van der Waals surface area contributed by atoms with E-state index in [-0.39, 0.29) is 17.2 Å². The Morgan fingerprint density at radius 3 is 2.43 bits per heavy atom. The van der Waals surface area contributed by atoms with Crippen LogP contribution in [-0.4, -0.2) is 15.5 Å². The van der Waals surface area contributed by atoms with Crippen LogP contribution in [0.2, 0.25) is 0 Å². The maximum Gasteiger partial charge on any atom is 0.241 e. The van der Waals surface area contributed by atoms with Gasteiger partial charge in [-0.2, -0.15) is 0 Å². The lowest BCUT2D eigenvalue weighted by Gasteiger charge is -2.09. The van der Waals surface area contributed by atoms with Gasteiger partial charge in [-0.05, 0) is 24.6 Å². The Morgan fingerprint density at radius 1 is 1.14 bits per heavy atom. The van der Waals surface area contributed by atoms with Crippen LogP contribution in [0.15, 0.2) is 47.4 Å². The molecule has 0 aliphatic carbocycles. The highest BCUT2D eigenvalue weighted by atomic mass is 32.2. The Balaban J connectivity index is 2.16. The van der Waals surface area contributed by atoms with E-state index in [0.717, 1.165) is 23.3 Å². The molecule has 2 rings (SSSR count). The lowest BCUT2D eigenvalue weighted by molar-refractivity contribution is 0.385. The topological polar surface area (TPSA) is 55.4 Å². The minimum atomic E-state index is -3.71. The van der Waals surface area contributed by atoms with E-state index < -0.39 is 15.8 Å². The monoisotopic (exact) mass is 309 g/mol. The van der Waals surface area contributed by atoms with Crippen molar-refractivity contribution in [3.63, 3.8) is 0 Å². The SMILES string of the molecule is COc1cc(S(=O)(=O)NCc2ccc(C)cc2)ccc1F. The first-order chi connectivity index (χ1) is 9.92. The molecule has 0 heterocycles. The summed E-state index contributed by atoms with van der Waals surface area (Å²) in [6.07, 6.45) is 0. The van der Waals surface area contributed by atoms with Crippen molar-refractivity contribution >= 4 is 10.0 Å². The Hall–Kier alpha value is -1.92. The standard InChI is InChI=1S/C15H16FNO3S/c1-11-3-5-12(6-4-11)10-17-21(18,19)13-7-8-14(16)15(9-13)20-2/h3-9,17H,10H2,1-2H3. The van der Waals surface area contributed by atoms with E-state index >= 15 is 0 Å². The summed E-state index contributed by atoms with van der Waals surface area (Å²) in [5, 5.41) is 0. The quantitative estimate of drug-likeness (QED) is 0.923. The van der Waals surface area contributed by atoms with Crippen molar-refractivity contribution < 1.29 is 17.5 Å². The van der Waals surface area contributed by atoms with Crippen molar-refractivity contribution in [3.8, 4) is 5.75 Å². The number of hydrogen-bond acceptors (Lipinski definition) is 3. The maximum atomic E-state index is 13.3. The van der Waals surface area contributed by atoms with Gasteiger partial charge in [-0.1, -0.05) is 29.8 Å². The fourth-order valence-electron chi connectivity index (χ4n) is 1.77. The highest BCUT2D eigenvalue weighted by molar-refractivity contribution is 7.89. The van der Waals surface area contributed by atoms with Crippen molar-refractivity contribution in [1.82, 2.24) is 4.72 Å². The highest BCUT2D eigenvalue weighted by Gasteiger charge is 2.16. The summed E-state index contributed by atoms with van der Waals surface area (Å²) in [4.78, 5) is -0.0344. The van der Waals surface area contributed by atoms with E-state index in [2.05, 4.69) is 4.72 Å². The number of aryl methyl sites for hydroxylation is 1. The molecule has 0 saturated carbocycles. The number of benzene rings is 2. The van der Waals surface area contributed by atoms with Crippen molar-refractivity contribution in [2.45, 2.75) is 18.4 Å². The van der Waals surface area contributed by atoms with E-state index in [0.29, 0.717) is 0 Å². The summed E-state index contributed by atoms with van der Waals surface area (Å²) in [6, 6.07) is 10.9. The molecule has 0 bridgehead atoms. The van der Waals surface area contributed by atoms with Gasteiger partial charge in [0, 0.05) is 12.6 Å². The summed E-state index contributed by atoms with van der Waals surface area (Å²) in [7, 11) is -2.43. The molecule has 6 heteroatoms. The van der Waals surface area contributed by atoms with Crippen LogP contribution in [0.4, 0.5) is 4.39 Å². The van der Waals surface area contributed by atoms with Crippen LogP contribution >= 0.6 is 0 Å². The second-order valence-corrected chi connectivity index (χ2v) is 6.37. The predicted molar refractivity (Wildman–Crippen MR) is 78.2 cm³/mol. The maximum absolute atomic E-state index is 13.3. The first kappa shape index (κ1) is 15.5. The van der Waals surface area contributed by atoms with Crippen LogP contribution < -0.4 is 9.46 Å². The first-order valence-electron chi connectivity index (χ1n) is 6.31. The van der Waals surface area contributed by atoms with E-state index in [9.17, 15) is 12.8 Å². The molecular weight excluding hydrogens is 293 g/mol. The summed E-state index contributed by atoms with van der Waals surface area (Å²) in [5.74, 6) is -0.705. The number of ether oxygens (including phenoxy) is 1. The lowest BCUT2D eigenvalue weighted by atomic mass is 10.2. The Morgan fingerprint density at radius 2 is 1.81 bits per heavy atom. The van der Waals surface area contributed by atoms with Gasteiger partial charge < -0.3 is 4.74 Å². The Kier molecular flexibility index (Phi) is 4.59. The van der Waals surface area contributed by atoms with Gasteiger partial charge in [0.15, 0.2) is 11.6 Å². The van der Waals surface area contributed by atoms with Crippen molar-refractivity contribution in [3.05, 3.63) is 59.4 Å². The second kappa shape index (κ2) is 6.24. The third kappa shape index (κ3) is 3.80. The summed E-state index contributed by atoms with van der Waals surface area (Å²) in [5.41, 5.74) is 1.95. The molecule has 0 saturated heterocycles. The number of nitrogens with one attached hydrogen (secondary N) is 1. The van der Waals surface area contributed by atoms with Gasteiger partial charge >= 0.3 is 0 Å². The zero-order valence-corrected chi connectivity index (χ0v) is 12.6. The average Bonchev–Trinajstić information content (AvgIpc) is 2.47. The summed E-state index contributed by atoms with van der Waals surface area (Å²) < 4.78 is 44.9. The predicted octanol–water partition coefficient (Wildman–Crippen LogP) is 2.62. The zero-order valence-electron chi connectivity index (χ0n) is 11.8. The molecule has 1 N–H and O–H groups in total. The van der Waals surface area contributed by atoms with Crippen molar-refractivity contribution in [2.24, 2.45) is 0 Å². The summed E-state index contributed by atoms with van der Waals surface area (Å²) in [6.45, 7) is 2.13. The molecule has 0 unspecified atom stereocenters. The zero-order chi connectivity index (χ0) is 15.5. The number of rotatable bonds is 5. The molecule has 21 heavy (non-hydrogen) atoms. The van der Waals surface area contributed by atoms with Gasteiger partial charge in [0.1, 0.15) is 0 Å². The third-order valence-electron chi connectivity index (χ3n) is 3.02. The van der Waals surface area contributed by atoms with E-state index in [1.807, 2.05) is 31.2 Å². The van der Waals surface area contributed by atoms with Crippen LogP contribution in [0, 0.1) is 12.7 Å². The van der Waals surface area contributed by atoms with Gasteiger partial charge in [-0.25, -0.2) is 17.5 Å². The van der Waals surface area contributed by atoms with E-state index in [1.165, 1.54) is 13.2 Å². The van der Waals surface area contributed by atoms with Crippen LogP contribution in [-0.2, 0) is 16.6 Å². The van der Waals surface area contributed by atoms with E-state index in [4.69, 9.17) is 4.74 Å². The summed E-state index contributed by atoms with van der Waals surface area (Å²) >= 11 is 0. The molecule has 0 fully saturated rings.